The van der Waals surface area contributed by atoms with Crippen LogP contribution in [0.3, 0.4) is 0 Å². The van der Waals surface area contributed by atoms with Gasteiger partial charge in [-0.3, -0.25) is 14.1 Å². The van der Waals surface area contributed by atoms with Gasteiger partial charge >= 0.3 is 19.8 Å². The Labute approximate surface area is 278 Å². The predicted molar refractivity (Wildman–Crippen MR) is 185 cm³/mol. The number of rotatable bonds is 30. The van der Waals surface area contributed by atoms with Crippen LogP contribution in [0, 0.1) is 5.92 Å². The van der Waals surface area contributed by atoms with Gasteiger partial charge in [-0.05, 0) is 70.6 Å². The third-order valence-corrected chi connectivity index (χ3v) is 7.89. The van der Waals surface area contributed by atoms with Gasteiger partial charge in [0.25, 0.3) is 0 Å². The first kappa shape index (κ1) is 44.0. The predicted octanol–water partition coefficient (Wildman–Crippen LogP) is 8.83. The van der Waals surface area contributed by atoms with Crippen molar-refractivity contribution >= 4 is 19.8 Å². The highest BCUT2D eigenvalue weighted by Crippen LogP contribution is 2.36. The zero-order chi connectivity index (χ0) is 34.3. The van der Waals surface area contributed by atoms with Crippen LogP contribution in [0.25, 0.3) is 0 Å². The van der Waals surface area contributed by atoms with E-state index in [-0.39, 0.29) is 25.6 Å². The van der Waals surface area contributed by atoms with E-state index >= 15 is 0 Å². The normalized spacial score (nSPS) is 14.5. The molecule has 0 aromatic carbocycles. The van der Waals surface area contributed by atoms with Crippen LogP contribution in [0.2, 0.25) is 0 Å². The first-order valence-electron chi connectivity index (χ1n) is 17.4. The van der Waals surface area contributed by atoms with Crippen molar-refractivity contribution in [2.45, 2.75) is 149 Å². The molecule has 0 heterocycles. The van der Waals surface area contributed by atoms with Crippen LogP contribution >= 0.6 is 7.82 Å². The fourth-order valence-electron chi connectivity index (χ4n) is 4.42. The first-order chi connectivity index (χ1) is 22.0. The van der Waals surface area contributed by atoms with Crippen LogP contribution in [0.4, 0.5) is 0 Å². The summed E-state index contributed by atoms with van der Waals surface area (Å²) in [6.45, 7) is 5.42. The van der Waals surface area contributed by atoms with Crippen LogP contribution in [0.5, 0.6) is 0 Å². The van der Waals surface area contributed by atoms with Crippen molar-refractivity contribution in [2.24, 2.45) is 5.92 Å². The SMILES string of the molecule is CCC(C)CCCCCCCCC(=O)O[C@H](COC(=O)CCC/C=C\C/C=C\C/C=C\C/C=C\CCC[C@@H](C)O)COP(=O)(O)O. The van der Waals surface area contributed by atoms with Crippen LogP contribution < -0.4 is 0 Å². The molecule has 3 atom stereocenters. The second-order valence-corrected chi connectivity index (χ2v) is 13.3. The number of hydrogen-bond donors (Lipinski definition) is 3. The summed E-state index contributed by atoms with van der Waals surface area (Å²) < 4.78 is 26.1. The molecule has 46 heavy (non-hydrogen) atoms. The summed E-state index contributed by atoms with van der Waals surface area (Å²) >= 11 is 0. The molecular weight excluding hydrogens is 607 g/mol. The summed E-state index contributed by atoms with van der Waals surface area (Å²) in [4.78, 5) is 42.5. The Morgan fingerprint density at radius 1 is 0.674 bits per heavy atom. The van der Waals surface area contributed by atoms with Crippen molar-refractivity contribution in [3.63, 3.8) is 0 Å². The van der Waals surface area contributed by atoms with Gasteiger partial charge in [-0.15, -0.1) is 0 Å². The maximum absolute atomic E-state index is 12.3. The molecule has 0 aliphatic rings. The zero-order valence-corrected chi connectivity index (χ0v) is 29.6. The van der Waals surface area contributed by atoms with Gasteiger partial charge in [0.05, 0.1) is 12.7 Å². The van der Waals surface area contributed by atoms with Gasteiger partial charge in [-0.2, -0.15) is 0 Å². The monoisotopic (exact) mass is 670 g/mol. The second-order valence-electron chi connectivity index (χ2n) is 12.0. The van der Waals surface area contributed by atoms with Crippen LogP contribution in [-0.2, 0) is 28.2 Å². The zero-order valence-electron chi connectivity index (χ0n) is 28.7. The smallest absolute Gasteiger partial charge is 0.462 e. The summed E-state index contributed by atoms with van der Waals surface area (Å²) in [5.41, 5.74) is 0. The number of phosphoric acid groups is 1. The number of esters is 2. The number of aliphatic hydroxyl groups is 1. The van der Waals surface area contributed by atoms with Crippen molar-refractivity contribution in [1.82, 2.24) is 0 Å². The highest BCUT2D eigenvalue weighted by molar-refractivity contribution is 7.46. The van der Waals surface area contributed by atoms with Gasteiger partial charge in [0.1, 0.15) is 6.61 Å². The Hall–Kier alpha value is -2.03. The minimum Gasteiger partial charge on any atom is -0.462 e. The van der Waals surface area contributed by atoms with E-state index in [9.17, 15) is 19.3 Å². The number of ether oxygens (including phenoxy) is 2. The summed E-state index contributed by atoms with van der Waals surface area (Å²) in [6, 6.07) is 0. The van der Waals surface area contributed by atoms with E-state index in [0.717, 1.165) is 63.7 Å². The molecule has 0 rings (SSSR count). The average molecular weight is 671 g/mol. The van der Waals surface area contributed by atoms with Gasteiger partial charge in [-0.1, -0.05) is 107 Å². The van der Waals surface area contributed by atoms with Gasteiger partial charge in [0, 0.05) is 12.8 Å². The van der Waals surface area contributed by atoms with E-state index in [1.54, 1.807) is 0 Å². The van der Waals surface area contributed by atoms with Crippen molar-refractivity contribution in [2.75, 3.05) is 13.2 Å². The molecule has 0 spiro atoms. The van der Waals surface area contributed by atoms with Crippen molar-refractivity contribution in [3.05, 3.63) is 48.6 Å². The molecular formula is C36H63O9P. The van der Waals surface area contributed by atoms with Crippen LogP contribution in [0.15, 0.2) is 48.6 Å². The summed E-state index contributed by atoms with van der Waals surface area (Å²) in [5, 5.41) is 9.23. The summed E-state index contributed by atoms with van der Waals surface area (Å²) in [6.07, 6.45) is 31.3. The summed E-state index contributed by atoms with van der Waals surface area (Å²) in [5.74, 6) is -0.205. The fraction of sp³-hybridized carbons (Fsp3) is 0.722. The number of carbonyl (C=O) groups is 2. The molecule has 9 nitrogen and oxygen atoms in total. The molecule has 3 N–H and O–H groups in total. The number of hydrogen-bond acceptors (Lipinski definition) is 7. The van der Waals surface area contributed by atoms with Crippen molar-refractivity contribution in [1.29, 1.82) is 0 Å². The summed E-state index contributed by atoms with van der Waals surface area (Å²) in [7, 11) is -4.76. The highest BCUT2D eigenvalue weighted by Gasteiger charge is 2.22. The van der Waals surface area contributed by atoms with E-state index in [2.05, 4.69) is 54.8 Å². The molecule has 0 saturated heterocycles. The lowest BCUT2D eigenvalue weighted by Crippen LogP contribution is -2.29. The number of phosphoric ester groups is 1. The molecule has 0 aromatic rings. The topological polar surface area (TPSA) is 140 Å². The molecule has 266 valence electrons. The number of carbonyl (C=O) groups excluding carboxylic acids is 2. The molecule has 0 bridgehead atoms. The third kappa shape index (κ3) is 33.3. The molecule has 0 aliphatic heterocycles. The Morgan fingerprint density at radius 3 is 1.76 bits per heavy atom. The molecule has 0 amide bonds. The van der Waals surface area contributed by atoms with Gasteiger partial charge < -0.3 is 24.4 Å². The second kappa shape index (κ2) is 30.3. The first-order valence-corrected chi connectivity index (χ1v) is 18.9. The van der Waals surface area contributed by atoms with E-state index in [1.807, 2.05) is 19.1 Å². The lowest BCUT2D eigenvalue weighted by Gasteiger charge is -2.18. The third-order valence-electron chi connectivity index (χ3n) is 7.41. The Bertz CT molecular complexity index is 920. The van der Waals surface area contributed by atoms with Crippen molar-refractivity contribution < 1.29 is 43.0 Å². The van der Waals surface area contributed by atoms with E-state index in [4.69, 9.17) is 19.3 Å². The lowest BCUT2D eigenvalue weighted by molar-refractivity contribution is -0.161. The molecule has 0 aliphatic carbocycles. The number of allylic oxidation sites excluding steroid dienone is 8. The Kier molecular flexibility index (Phi) is 29.0. The number of unbranched alkanes of at least 4 members (excludes halogenated alkanes) is 7. The van der Waals surface area contributed by atoms with Gasteiger partial charge in [-0.25, -0.2) is 4.57 Å². The average Bonchev–Trinajstić information content (AvgIpc) is 3.00. The lowest BCUT2D eigenvalue weighted by atomic mass is 10.00. The minimum atomic E-state index is -4.76. The van der Waals surface area contributed by atoms with Crippen molar-refractivity contribution in [3.8, 4) is 0 Å². The molecule has 0 fully saturated rings. The molecule has 0 aromatic heterocycles. The molecule has 0 radical (unpaired) electrons. The Morgan fingerprint density at radius 2 is 1.20 bits per heavy atom. The van der Waals surface area contributed by atoms with Gasteiger partial charge in [0.15, 0.2) is 6.10 Å². The molecule has 1 unspecified atom stereocenters. The maximum atomic E-state index is 12.3. The highest BCUT2D eigenvalue weighted by atomic mass is 31.2. The standard InChI is InChI=1S/C36H63O9P/c1-4-32(2)26-22-18-16-17-21-25-29-36(39)45-34(31-44-46(40,41)42)30-43-35(38)28-24-20-15-13-11-9-7-5-6-8-10-12-14-19-23-27-33(3)37/h6-9,12-15,32-34,37H,4-5,10-11,16-31H2,1-3H3,(H2,40,41,42)/b8-6-,9-7-,14-12-,15-13-/t32?,33-,34-/m1/s1. The van der Waals surface area contributed by atoms with E-state index in [0.29, 0.717) is 19.3 Å². The van der Waals surface area contributed by atoms with Crippen LogP contribution in [-0.4, -0.2) is 52.3 Å². The quantitative estimate of drug-likeness (QED) is 0.0296. The number of aliphatic hydroxyl groups excluding tert-OH is 1. The van der Waals surface area contributed by atoms with Crippen LogP contribution in [0.1, 0.15) is 136 Å². The Balaban J connectivity index is 4.12. The van der Waals surface area contributed by atoms with Gasteiger partial charge in [0.2, 0.25) is 0 Å². The largest absolute Gasteiger partial charge is 0.469 e. The maximum Gasteiger partial charge on any atom is 0.469 e. The minimum absolute atomic E-state index is 0.178. The van der Waals surface area contributed by atoms with E-state index in [1.165, 1.54) is 25.7 Å². The fourth-order valence-corrected chi connectivity index (χ4v) is 4.78. The molecule has 0 saturated carbocycles. The van der Waals surface area contributed by atoms with E-state index < -0.39 is 32.5 Å². The molecule has 10 heteroatoms.